The van der Waals surface area contributed by atoms with Crippen LogP contribution in [0, 0.1) is 5.82 Å². The van der Waals surface area contributed by atoms with Gasteiger partial charge in [-0.3, -0.25) is 4.79 Å². The van der Waals surface area contributed by atoms with Crippen LogP contribution in [0.15, 0.2) is 41.8 Å². The van der Waals surface area contributed by atoms with Crippen LogP contribution in [0.2, 0.25) is 0 Å². The number of carbonyl (C=O) groups excluding carboxylic acids is 1. The molecule has 0 spiro atoms. The van der Waals surface area contributed by atoms with E-state index in [1.165, 1.54) is 23.1 Å². The molecule has 0 fully saturated rings. The number of rotatable bonds is 5. The van der Waals surface area contributed by atoms with Crippen LogP contribution in [0.25, 0.3) is 0 Å². The fraction of sp³-hybridized carbons (Fsp3) is 0.267. The number of nitrogens with zero attached hydrogens (tertiary/aromatic N) is 1. The molecular formula is C15H17FN2OS. The Morgan fingerprint density at radius 1 is 1.35 bits per heavy atom. The van der Waals surface area contributed by atoms with Crippen molar-refractivity contribution in [1.82, 2.24) is 10.2 Å². The van der Waals surface area contributed by atoms with Gasteiger partial charge in [-0.25, -0.2) is 4.39 Å². The summed E-state index contributed by atoms with van der Waals surface area (Å²) in [7, 11) is 3.94. The fourth-order valence-electron chi connectivity index (χ4n) is 1.94. The summed E-state index contributed by atoms with van der Waals surface area (Å²) in [6.45, 7) is 0.489. The Bertz CT molecular complexity index is 569. The molecular weight excluding hydrogens is 275 g/mol. The molecule has 106 valence electrons. The van der Waals surface area contributed by atoms with E-state index >= 15 is 0 Å². The van der Waals surface area contributed by atoms with Gasteiger partial charge in [0.05, 0.1) is 6.04 Å². The normalized spacial score (nSPS) is 12.4. The number of hydrogen-bond donors (Lipinski definition) is 1. The van der Waals surface area contributed by atoms with Crippen LogP contribution < -0.4 is 5.32 Å². The number of hydrogen-bond acceptors (Lipinski definition) is 3. The van der Waals surface area contributed by atoms with Crippen molar-refractivity contribution in [3.05, 3.63) is 58.0 Å². The number of thiophene rings is 1. The summed E-state index contributed by atoms with van der Waals surface area (Å²) < 4.78 is 13.1. The van der Waals surface area contributed by atoms with E-state index in [4.69, 9.17) is 0 Å². The van der Waals surface area contributed by atoms with E-state index in [0.717, 1.165) is 0 Å². The minimum absolute atomic E-state index is 0.118. The van der Waals surface area contributed by atoms with Crippen molar-refractivity contribution in [2.45, 2.75) is 6.04 Å². The van der Waals surface area contributed by atoms with Crippen molar-refractivity contribution in [2.75, 3.05) is 20.6 Å². The number of likely N-dealkylation sites (N-methyl/N-ethyl adjacent to an activating group) is 1. The number of benzene rings is 1. The lowest BCUT2D eigenvalue weighted by atomic mass is 10.2. The van der Waals surface area contributed by atoms with Gasteiger partial charge in [0.2, 0.25) is 0 Å². The first-order valence-electron chi connectivity index (χ1n) is 6.31. The molecule has 2 rings (SSSR count). The topological polar surface area (TPSA) is 32.3 Å². The number of nitrogens with one attached hydrogen (secondary N) is 1. The van der Waals surface area contributed by atoms with E-state index in [1.807, 2.05) is 31.6 Å². The molecule has 0 unspecified atom stereocenters. The molecule has 1 amide bonds. The van der Waals surface area contributed by atoms with Gasteiger partial charge in [0.15, 0.2) is 0 Å². The summed E-state index contributed by atoms with van der Waals surface area (Å²) in [5.41, 5.74) is 0.341. The summed E-state index contributed by atoms with van der Waals surface area (Å²) in [4.78, 5) is 15.2. The van der Waals surface area contributed by atoms with E-state index in [2.05, 4.69) is 10.2 Å². The highest BCUT2D eigenvalue weighted by molar-refractivity contribution is 7.10. The minimum Gasteiger partial charge on any atom is -0.350 e. The highest BCUT2D eigenvalue weighted by Crippen LogP contribution is 2.22. The Morgan fingerprint density at radius 3 is 2.75 bits per heavy atom. The first kappa shape index (κ1) is 14.7. The maximum Gasteiger partial charge on any atom is 0.251 e. The monoisotopic (exact) mass is 292 g/mol. The highest BCUT2D eigenvalue weighted by Gasteiger charge is 2.16. The molecule has 0 saturated carbocycles. The van der Waals surface area contributed by atoms with Gasteiger partial charge in [0.1, 0.15) is 5.82 Å². The summed E-state index contributed by atoms with van der Waals surface area (Å²) >= 11 is 1.66. The molecule has 20 heavy (non-hydrogen) atoms. The van der Waals surface area contributed by atoms with Gasteiger partial charge in [-0.15, -0.1) is 11.3 Å². The second-order valence-electron chi connectivity index (χ2n) is 4.72. The Hall–Kier alpha value is -1.72. The Kier molecular flexibility index (Phi) is 4.87. The van der Waals surface area contributed by atoms with Crippen LogP contribution in [0.4, 0.5) is 4.39 Å². The lowest BCUT2D eigenvalue weighted by molar-refractivity contribution is 0.0942. The largest absolute Gasteiger partial charge is 0.350 e. The van der Waals surface area contributed by atoms with E-state index in [0.29, 0.717) is 12.1 Å². The lowest BCUT2D eigenvalue weighted by Gasteiger charge is -2.23. The minimum atomic E-state index is -0.403. The predicted molar refractivity (Wildman–Crippen MR) is 79.5 cm³/mol. The molecule has 0 saturated heterocycles. The molecule has 0 aliphatic heterocycles. The van der Waals surface area contributed by atoms with Crippen LogP contribution >= 0.6 is 11.3 Å². The first-order chi connectivity index (χ1) is 9.58. The Labute approximate surface area is 122 Å². The molecule has 0 radical (unpaired) electrons. The second-order valence-corrected chi connectivity index (χ2v) is 5.69. The smallest absolute Gasteiger partial charge is 0.251 e. The van der Waals surface area contributed by atoms with Gasteiger partial charge >= 0.3 is 0 Å². The zero-order valence-electron chi connectivity index (χ0n) is 11.5. The SMILES string of the molecule is CN(C)[C@@H](CNC(=O)c1cccc(F)c1)c1cccs1. The third-order valence-corrected chi connectivity index (χ3v) is 4.01. The van der Waals surface area contributed by atoms with Crippen molar-refractivity contribution < 1.29 is 9.18 Å². The molecule has 0 aliphatic carbocycles. The van der Waals surface area contributed by atoms with E-state index < -0.39 is 5.82 Å². The van der Waals surface area contributed by atoms with E-state index in [1.54, 1.807) is 17.4 Å². The third-order valence-electron chi connectivity index (χ3n) is 3.04. The van der Waals surface area contributed by atoms with Crippen LogP contribution in [0.5, 0.6) is 0 Å². The van der Waals surface area contributed by atoms with Crippen molar-refractivity contribution >= 4 is 17.2 Å². The highest BCUT2D eigenvalue weighted by atomic mass is 32.1. The van der Waals surface area contributed by atoms with Crippen LogP contribution in [0.3, 0.4) is 0 Å². The molecule has 5 heteroatoms. The Balaban J connectivity index is 2.01. The van der Waals surface area contributed by atoms with Gasteiger partial charge in [-0.2, -0.15) is 0 Å². The van der Waals surface area contributed by atoms with Gasteiger partial charge in [0.25, 0.3) is 5.91 Å². The lowest BCUT2D eigenvalue weighted by Crippen LogP contribution is -2.34. The number of halogens is 1. The molecule has 0 aliphatic rings. The maximum absolute atomic E-state index is 13.1. The first-order valence-corrected chi connectivity index (χ1v) is 7.19. The summed E-state index contributed by atoms with van der Waals surface area (Å²) in [5.74, 6) is -0.659. The fourth-order valence-corrected chi connectivity index (χ4v) is 2.86. The summed E-state index contributed by atoms with van der Waals surface area (Å²) in [6, 6.07) is 9.86. The van der Waals surface area contributed by atoms with Crippen LogP contribution in [-0.2, 0) is 0 Å². The van der Waals surface area contributed by atoms with Crippen molar-refractivity contribution in [1.29, 1.82) is 0 Å². The van der Waals surface area contributed by atoms with Gasteiger partial charge < -0.3 is 10.2 Å². The molecule has 3 nitrogen and oxygen atoms in total. The van der Waals surface area contributed by atoms with Crippen molar-refractivity contribution in [2.24, 2.45) is 0 Å². The van der Waals surface area contributed by atoms with Crippen molar-refractivity contribution in [3.63, 3.8) is 0 Å². The zero-order valence-corrected chi connectivity index (χ0v) is 12.3. The van der Waals surface area contributed by atoms with E-state index in [9.17, 15) is 9.18 Å². The number of amides is 1. The molecule has 2 aromatic rings. The molecule has 0 bridgehead atoms. The van der Waals surface area contributed by atoms with Crippen LogP contribution in [-0.4, -0.2) is 31.4 Å². The quantitative estimate of drug-likeness (QED) is 0.919. The average molecular weight is 292 g/mol. The average Bonchev–Trinajstić information content (AvgIpc) is 2.92. The van der Waals surface area contributed by atoms with Gasteiger partial charge in [-0.1, -0.05) is 12.1 Å². The summed E-state index contributed by atoms with van der Waals surface area (Å²) in [6.07, 6.45) is 0. The predicted octanol–water partition coefficient (Wildman–Crippen LogP) is 2.92. The van der Waals surface area contributed by atoms with E-state index in [-0.39, 0.29) is 11.9 Å². The molecule has 1 aromatic carbocycles. The third kappa shape index (κ3) is 3.65. The Morgan fingerprint density at radius 2 is 2.15 bits per heavy atom. The molecule has 1 heterocycles. The molecule has 1 N–H and O–H groups in total. The van der Waals surface area contributed by atoms with Gasteiger partial charge in [-0.05, 0) is 43.7 Å². The van der Waals surface area contributed by atoms with Crippen molar-refractivity contribution in [3.8, 4) is 0 Å². The number of carbonyl (C=O) groups is 1. The second kappa shape index (κ2) is 6.63. The standard InChI is InChI=1S/C15H17FN2OS/c1-18(2)13(14-7-4-8-20-14)10-17-15(19)11-5-3-6-12(16)9-11/h3-9,13H,10H2,1-2H3,(H,17,19)/t13-/m0/s1. The van der Waals surface area contributed by atoms with Gasteiger partial charge in [0, 0.05) is 17.0 Å². The molecule has 1 atom stereocenters. The maximum atomic E-state index is 13.1. The zero-order chi connectivity index (χ0) is 14.5. The molecule has 1 aromatic heterocycles. The van der Waals surface area contributed by atoms with Crippen LogP contribution in [0.1, 0.15) is 21.3 Å². The summed E-state index contributed by atoms with van der Waals surface area (Å²) in [5, 5.41) is 4.87.